The van der Waals surface area contributed by atoms with E-state index < -0.39 is 0 Å². The van der Waals surface area contributed by atoms with E-state index in [4.69, 9.17) is 5.10 Å². The van der Waals surface area contributed by atoms with Crippen molar-refractivity contribution >= 4 is 5.69 Å². The van der Waals surface area contributed by atoms with Gasteiger partial charge in [-0.25, -0.2) is 9.07 Å². The van der Waals surface area contributed by atoms with Crippen molar-refractivity contribution in [3.05, 3.63) is 91.3 Å². The lowest BCUT2D eigenvalue weighted by atomic mass is 9.46. The van der Waals surface area contributed by atoms with Gasteiger partial charge in [-0.1, -0.05) is 6.08 Å². The van der Waals surface area contributed by atoms with Crippen molar-refractivity contribution in [1.29, 1.82) is 0 Å². The highest BCUT2D eigenvalue weighted by molar-refractivity contribution is 5.65. The highest BCUT2D eigenvalue weighted by Crippen LogP contribution is 2.66. The van der Waals surface area contributed by atoms with Gasteiger partial charge in [-0.05, 0) is 35.9 Å². The van der Waals surface area contributed by atoms with Crippen molar-refractivity contribution in [2.45, 2.75) is 24.2 Å². The van der Waals surface area contributed by atoms with Crippen LogP contribution in [0.4, 0.5) is 10.1 Å². The van der Waals surface area contributed by atoms with Gasteiger partial charge in [0.2, 0.25) is 5.69 Å². The van der Waals surface area contributed by atoms with E-state index in [9.17, 15) is 4.39 Å². The lowest BCUT2D eigenvalue weighted by Gasteiger charge is -2.64. The molecule has 0 bridgehead atoms. The molecule has 1 saturated carbocycles. The molecule has 30 heavy (non-hydrogen) atoms. The van der Waals surface area contributed by atoms with Crippen LogP contribution >= 0.6 is 0 Å². The molecule has 1 aliphatic carbocycles. The number of anilines is 1. The van der Waals surface area contributed by atoms with E-state index in [2.05, 4.69) is 68.8 Å². The predicted octanol–water partition coefficient (Wildman–Crippen LogP) is 3.12. The molecular weight excluding hydrogens is 377 g/mol. The predicted molar refractivity (Wildman–Crippen MR) is 111 cm³/mol. The summed E-state index contributed by atoms with van der Waals surface area (Å²) in [5, 5.41) is 8.35. The number of allylic oxidation sites excluding steroid dienone is 1. The van der Waals surface area contributed by atoms with Crippen LogP contribution in [0.3, 0.4) is 0 Å². The minimum absolute atomic E-state index is 0.124. The van der Waals surface area contributed by atoms with Crippen LogP contribution in [-0.4, -0.2) is 15.9 Å². The molecule has 7 rings (SSSR count). The first-order chi connectivity index (χ1) is 14.7. The maximum absolute atomic E-state index is 14.5. The van der Waals surface area contributed by atoms with Crippen molar-refractivity contribution < 1.29 is 8.96 Å². The van der Waals surface area contributed by atoms with Crippen molar-refractivity contribution in [3.8, 4) is 11.4 Å². The Kier molecular flexibility index (Phi) is 2.94. The second-order valence-electron chi connectivity index (χ2n) is 8.69. The molecule has 0 amide bonds. The third kappa shape index (κ3) is 1.70. The van der Waals surface area contributed by atoms with Crippen LogP contribution in [0, 0.1) is 17.7 Å². The summed E-state index contributed by atoms with van der Waals surface area (Å²) in [6.45, 7) is 5.02. The maximum atomic E-state index is 14.5. The van der Waals surface area contributed by atoms with Gasteiger partial charge in [0.15, 0.2) is 12.7 Å². The van der Waals surface area contributed by atoms with Gasteiger partial charge in [0, 0.05) is 54.2 Å². The fraction of sp³-hybridized carbons (Fsp3) is 0.250. The molecule has 5 atom stereocenters. The molecule has 4 aliphatic rings. The number of hydrogen-bond acceptors (Lipinski definition) is 3. The van der Waals surface area contributed by atoms with Crippen LogP contribution in [0.5, 0.6) is 0 Å². The lowest BCUT2D eigenvalue weighted by molar-refractivity contribution is -0.707. The molecule has 0 saturated heterocycles. The van der Waals surface area contributed by atoms with Gasteiger partial charge in [0.1, 0.15) is 23.2 Å². The fourth-order valence-corrected chi connectivity index (χ4v) is 6.60. The van der Waals surface area contributed by atoms with Gasteiger partial charge in [-0.3, -0.25) is 0 Å². The Labute approximate surface area is 173 Å². The molecule has 5 nitrogen and oxygen atoms in total. The van der Waals surface area contributed by atoms with Gasteiger partial charge in [-0.2, -0.15) is 9.67 Å². The molecule has 5 heterocycles. The Morgan fingerprint density at radius 3 is 3.10 bits per heavy atom. The van der Waals surface area contributed by atoms with Gasteiger partial charge < -0.3 is 10.2 Å². The van der Waals surface area contributed by atoms with Crippen molar-refractivity contribution in [2.75, 3.05) is 4.90 Å². The normalized spacial score (nSPS) is 31.7. The van der Waals surface area contributed by atoms with E-state index in [0.29, 0.717) is 0 Å². The summed E-state index contributed by atoms with van der Waals surface area (Å²) in [6, 6.07) is 13.5. The molecule has 1 spiro atoms. The number of rotatable bonds is 1. The number of nitrogens with one attached hydrogen (secondary N) is 1. The van der Waals surface area contributed by atoms with E-state index >= 15 is 0 Å². The maximum Gasteiger partial charge on any atom is 0.230 e. The summed E-state index contributed by atoms with van der Waals surface area (Å²) < 4.78 is 19.0. The number of pyridine rings is 1. The molecule has 5 unspecified atom stereocenters. The Bertz CT molecular complexity index is 1250. The third-order valence-electron chi connectivity index (χ3n) is 7.60. The molecule has 6 heteroatoms. The van der Waals surface area contributed by atoms with Crippen molar-refractivity contribution in [1.82, 2.24) is 15.1 Å². The zero-order chi connectivity index (χ0) is 20.0. The summed E-state index contributed by atoms with van der Waals surface area (Å²) >= 11 is 0. The van der Waals surface area contributed by atoms with E-state index in [1.54, 1.807) is 12.1 Å². The molecule has 148 valence electrons. The number of fused-ring (bicyclic) bond motifs is 11. The van der Waals surface area contributed by atoms with E-state index in [0.717, 1.165) is 29.2 Å². The SMILES string of the molecule is C=CC1C2C3NC=CN3c3ccc(F)cc3C2C12C[n+]1ccccc1-c1ccnn12. The molecule has 1 N–H and O–H groups in total. The Morgan fingerprint density at radius 2 is 2.20 bits per heavy atom. The molecule has 3 aromatic rings. The number of benzene rings is 1. The molecular formula is C24H21FN5+. The summed E-state index contributed by atoms with van der Waals surface area (Å²) in [5.41, 5.74) is 4.07. The highest BCUT2D eigenvalue weighted by atomic mass is 19.1. The first-order valence-electron chi connectivity index (χ1n) is 10.4. The lowest BCUT2D eigenvalue weighted by Crippen LogP contribution is -2.74. The minimum atomic E-state index is -0.316. The first kappa shape index (κ1) is 16.4. The van der Waals surface area contributed by atoms with E-state index in [1.807, 2.05) is 18.5 Å². The number of nitrogens with zero attached hydrogens (tertiary/aromatic N) is 4. The largest absolute Gasteiger partial charge is 0.369 e. The monoisotopic (exact) mass is 398 g/mol. The third-order valence-corrected chi connectivity index (χ3v) is 7.60. The van der Waals surface area contributed by atoms with Crippen LogP contribution in [-0.2, 0) is 12.1 Å². The molecule has 2 aromatic heterocycles. The zero-order valence-electron chi connectivity index (χ0n) is 16.3. The fourth-order valence-electron chi connectivity index (χ4n) is 6.60. The van der Waals surface area contributed by atoms with Crippen LogP contribution in [0.25, 0.3) is 11.4 Å². The Balaban J connectivity index is 1.51. The molecule has 1 aromatic carbocycles. The first-order valence-corrected chi connectivity index (χ1v) is 10.4. The van der Waals surface area contributed by atoms with Crippen molar-refractivity contribution in [3.63, 3.8) is 0 Å². The second kappa shape index (κ2) is 5.39. The van der Waals surface area contributed by atoms with Gasteiger partial charge in [0.25, 0.3) is 0 Å². The number of halogens is 1. The van der Waals surface area contributed by atoms with Gasteiger partial charge >= 0.3 is 0 Å². The summed E-state index contributed by atoms with van der Waals surface area (Å²) in [5.74, 6) is 0.399. The van der Waals surface area contributed by atoms with E-state index in [1.165, 1.54) is 0 Å². The molecule has 1 fully saturated rings. The van der Waals surface area contributed by atoms with Crippen LogP contribution in [0.15, 0.2) is 79.9 Å². The quantitative estimate of drug-likeness (QED) is 0.506. The highest BCUT2D eigenvalue weighted by Gasteiger charge is 2.71. The van der Waals surface area contributed by atoms with Gasteiger partial charge in [-0.15, -0.1) is 6.58 Å². The summed E-state index contributed by atoms with van der Waals surface area (Å²) in [7, 11) is 0. The smallest absolute Gasteiger partial charge is 0.230 e. The van der Waals surface area contributed by atoms with Crippen LogP contribution < -0.4 is 14.8 Å². The van der Waals surface area contributed by atoms with E-state index in [-0.39, 0.29) is 35.3 Å². The van der Waals surface area contributed by atoms with Crippen LogP contribution in [0.1, 0.15) is 11.5 Å². The number of hydrogen-bond donors (Lipinski definition) is 1. The Morgan fingerprint density at radius 1 is 1.27 bits per heavy atom. The van der Waals surface area contributed by atoms with Crippen LogP contribution in [0.2, 0.25) is 0 Å². The second-order valence-corrected chi connectivity index (χ2v) is 8.69. The average Bonchev–Trinajstić information content (AvgIpc) is 3.42. The summed E-state index contributed by atoms with van der Waals surface area (Å²) in [6.07, 6.45) is 10.3. The molecule has 3 aliphatic heterocycles. The number of aromatic nitrogens is 3. The Hall–Kier alpha value is -3.41. The van der Waals surface area contributed by atoms with Crippen molar-refractivity contribution in [2.24, 2.45) is 11.8 Å². The zero-order valence-corrected chi connectivity index (χ0v) is 16.3. The van der Waals surface area contributed by atoms with Gasteiger partial charge in [0.05, 0.1) is 0 Å². The standard InChI is InChI=1S/C24H21FN5/c1-2-17-21-22(16-13-15(25)6-7-18(16)29-12-10-26-23(21)29)24(17)14-28-11-4-3-5-19(28)20-8-9-27-30(20)24/h2-13,17,21-23,26H,1,14H2/q+1. The average molecular weight is 398 g/mol. The summed E-state index contributed by atoms with van der Waals surface area (Å²) in [4.78, 5) is 2.24. The minimum Gasteiger partial charge on any atom is -0.369 e. The topological polar surface area (TPSA) is 37.0 Å². The molecule has 0 radical (unpaired) electrons.